The van der Waals surface area contributed by atoms with Crippen LogP contribution in [0.3, 0.4) is 0 Å². The van der Waals surface area contributed by atoms with E-state index < -0.39 is 0 Å². The van der Waals surface area contributed by atoms with Gasteiger partial charge in [0.25, 0.3) is 0 Å². The summed E-state index contributed by atoms with van der Waals surface area (Å²) in [6, 6.07) is 1.79. The summed E-state index contributed by atoms with van der Waals surface area (Å²) in [5.41, 5.74) is 0.786. The predicted octanol–water partition coefficient (Wildman–Crippen LogP) is 0.622. The molecule has 17 heavy (non-hydrogen) atoms. The van der Waals surface area contributed by atoms with Crippen molar-refractivity contribution in [2.45, 2.75) is 13.5 Å². The lowest BCUT2D eigenvalue weighted by atomic mass is 10.4. The number of hydrogen-bond acceptors (Lipinski definition) is 6. The van der Waals surface area contributed by atoms with E-state index in [-0.39, 0.29) is 12.5 Å². The molecule has 0 aliphatic carbocycles. The summed E-state index contributed by atoms with van der Waals surface area (Å²) in [7, 11) is 3.13. The molecule has 6 nitrogen and oxygen atoms in total. The summed E-state index contributed by atoms with van der Waals surface area (Å²) in [5.74, 6) is 0.359. The van der Waals surface area contributed by atoms with Crippen LogP contribution in [0.25, 0.3) is 0 Å². The molecule has 0 bridgehead atoms. The molecular weight excluding hydrogens is 222 g/mol. The molecule has 0 fully saturated rings. The van der Waals surface area contributed by atoms with Gasteiger partial charge in [0.15, 0.2) is 0 Å². The lowest BCUT2D eigenvalue weighted by Crippen LogP contribution is -2.27. The maximum Gasteiger partial charge on any atom is 0.325 e. The van der Waals surface area contributed by atoms with Crippen LogP contribution < -0.4 is 4.90 Å². The Bertz CT molecular complexity index is 371. The number of methoxy groups -OCH3 is 1. The zero-order valence-electron chi connectivity index (χ0n) is 10.3. The van der Waals surface area contributed by atoms with Gasteiger partial charge in [0, 0.05) is 19.7 Å². The summed E-state index contributed by atoms with van der Waals surface area (Å²) >= 11 is 0. The molecule has 0 aliphatic heterocycles. The van der Waals surface area contributed by atoms with Crippen molar-refractivity contribution in [2.24, 2.45) is 0 Å². The van der Waals surface area contributed by atoms with E-state index >= 15 is 0 Å². The zero-order valence-corrected chi connectivity index (χ0v) is 10.3. The van der Waals surface area contributed by atoms with Gasteiger partial charge in [-0.05, 0) is 6.92 Å². The number of likely N-dealkylation sites (N-methyl/N-ethyl adjacent to an activating group) is 1. The monoisotopic (exact) mass is 239 g/mol. The first-order chi connectivity index (χ1) is 8.17. The van der Waals surface area contributed by atoms with Crippen LogP contribution in [-0.4, -0.2) is 43.2 Å². The van der Waals surface area contributed by atoms with Crippen molar-refractivity contribution in [1.29, 1.82) is 0 Å². The van der Waals surface area contributed by atoms with Crippen molar-refractivity contribution in [3.05, 3.63) is 18.1 Å². The molecule has 0 spiro atoms. The van der Waals surface area contributed by atoms with Crippen molar-refractivity contribution in [2.75, 3.05) is 32.2 Å². The molecule has 6 heteroatoms. The lowest BCUT2D eigenvalue weighted by Gasteiger charge is -2.16. The Morgan fingerprint density at radius 1 is 1.47 bits per heavy atom. The van der Waals surface area contributed by atoms with Crippen LogP contribution in [0.2, 0.25) is 0 Å². The number of aromatic nitrogens is 2. The van der Waals surface area contributed by atoms with Crippen LogP contribution in [-0.2, 0) is 20.9 Å². The minimum absolute atomic E-state index is 0.154. The Labute approximate surface area is 101 Å². The van der Waals surface area contributed by atoms with Gasteiger partial charge in [0.2, 0.25) is 0 Å². The molecule has 0 saturated heterocycles. The molecule has 0 aliphatic rings. The maximum absolute atomic E-state index is 11.1. The number of ether oxygens (including phenoxy) is 2. The van der Waals surface area contributed by atoms with Gasteiger partial charge in [-0.15, -0.1) is 0 Å². The highest BCUT2D eigenvalue weighted by molar-refractivity contribution is 5.74. The van der Waals surface area contributed by atoms with E-state index in [1.54, 1.807) is 18.0 Å². The van der Waals surface area contributed by atoms with Gasteiger partial charge in [-0.2, -0.15) is 0 Å². The molecule has 0 aromatic carbocycles. The number of carbonyl (C=O) groups excluding carboxylic acids is 1. The Morgan fingerprint density at radius 2 is 2.24 bits per heavy atom. The normalized spacial score (nSPS) is 10.1. The molecule has 0 radical (unpaired) electrons. The molecular formula is C11H17N3O3. The second-order valence-electron chi connectivity index (χ2n) is 3.44. The number of rotatable bonds is 6. The highest BCUT2D eigenvalue weighted by Gasteiger charge is 2.09. The van der Waals surface area contributed by atoms with Crippen molar-refractivity contribution in [3.8, 4) is 0 Å². The quantitative estimate of drug-likeness (QED) is 0.678. The summed E-state index contributed by atoms with van der Waals surface area (Å²) in [4.78, 5) is 21.0. The standard InChI is InChI=1S/C11H17N3O3/c1-4-17-7-9-5-10(13-8-12-9)14(2)6-11(15)16-3/h5,8H,4,6-7H2,1-3H3. The largest absolute Gasteiger partial charge is 0.468 e. The van der Waals surface area contributed by atoms with Gasteiger partial charge in [-0.25, -0.2) is 9.97 Å². The number of esters is 1. The summed E-state index contributed by atoms with van der Waals surface area (Å²) in [6.45, 7) is 3.16. The Balaban J connectivity index is 2.66. The van der Waals surface area contributed by atoms with Crippen molar-refractivity contribution in [3.63, 3.8) is 0 Å². The Hall–Kier alpha value is -1.69. The average Bonchev–Trinajstić information content (AvgIpc) is 2.36. The molecule has 1 heterocycles. The third kappa shape index (κ3) is 4.36. The van der Waals surface area contributed by atoms with E-state index in [1.165, 1.54) is 13.4 Å². The first-order valence-corrected chi connectivity index (χ1v) is 5.34. The number of nitrogens with zero attached hydrogens (tertiary/aromatic N) is 3. The van der Waals surface area contributed by atoms with Gasteiger partial charge in [-0.3, -0.25) is 4.79 Å². The van der Waals surface area contributed by atoms with E-state index in [9.17, 15) is 4.79 Å². The van der Waals surface area contributed by atoms with Gasteiger partial charge >= 0.3 is 5.97 Å². The smallest absolute Gasteiger partial charge is 0.325 e. The molecule has 0 atom stereocenters. The maximum atomic E-state index is 11.1. The van der Waals surface area contributed by atoms with Gasteiger partial charge in [-0.1, -0.05) is 0 Å². The third-order valence-electron chi connectivity index (χ3n) is 2.15. The fourth-order valence-corrected chi connectivity index (χ4v) is 1.22. The van der Waals surface area contributed by atoms with Gasteiger partial charge in [0.1, 0.15) is 18.7 Å². The van der Waals surface area contributed by atoms with E-state index in [1.807, 2.05) is 6.92 Å². The molecule has 94 valence electrons. The predicted molar refractivity (Wildman–Crippen MR) is 62.6 cm³/mol. The molecule has 0 unspecified atom stereocenters. The second kappa shape index (κ2) is 6.80. The average molecular weight is 239 g/mol. The molecule has 1 aromatic heterocycles. The highest BCUT2D eigenvalue weighted by Crippen LogP contribution is 2.09. The van der Waals surface area contributed by atoms with Crippen LogP contribution in [0.4, 0.5) is 5.82 Å². The van der Waals surface area contributed by atoms with Gasteiger partial charge in [0.05, 0.1) is 19.4 Å². The van der Waals surface area contributed by atoms with Crippen LogP contribution in [0, 0.1) is 0 Å². The van der Waals surface area contributed by atoms with E-state index in [2.05, 4.69) is 14.7 Å². The van der Waals surface area contributed by atoms with Crippen molar-refractivity contribution < 1.29 is 14.3 Å². The number of anilines is 1. The van der Waals surface area contributed by atoms with Crippen molar-refractivity contribution >= 4 is 11.8 Å². The third-order valence-corrected chi connectivity index (χ3v) is 2.15. The van der Waals surface area contributed by atoms with Crippen LogP contribution in [0.15, 0.2) is 12.4 Å². The molecule has 0 saturated carbocycles. The molecule has 0 amide bonds. The van der Waals surface area contributed by atoms with Crippen LogP contribution >= 0.6 is 0 Å². The minimum atomic E-state index is -0.308. The lowest BCUT2D eigenvalue weighted by molar-refractivity contribution is -0.138. The SMILES string of the molecule is CCOCc1cc(N(C)CC(=O)OC)ncn1. The van der Waals surface area contributed by atoms with Gasteiger partial charge < -0.3 is 14.4 Å². The van der Waals surface area contributed by atoms with E-state index in [0.29, 0.717) is 19.0 Å². The Kier molecular flexibility index (Phi) is 5.35. The van der Waals surface area contributed by atoms with Crippen LogP contribution in [0.5, 0.6) is 0 Å². The Morgan fingerprint density at radius 3 is 2.88 bits per heavy atom. The summed E-state index contributed by atoms with van der Waals surface area (Å²) in [5, 5.41) is 0. The van der Waals surface area contributed by atoms with Crippen LogP contribution in [0.1, 0.15) is 12.6 Å². The minimum Gasteiger partial charge on any atom is -0.468 e. The first kappa shape index (κ1) is 13.4. The second-order valence-corrected chi connectivity index (χ2v) is 3.44. The summed E-state index contributed by atoms with van der Waals surface area (Å²) in [6.07, 6.45) is 1.46. The van der Waals surface area contributed by atoms with E-state index in [4.69, 9.17) is 4.74 Å². The fraction of sp³-hybridized carbons (Fsp3) is 0.545. The molecule has 1 rings (SSSR count). The van der Waals surface area contributed by atoms with Crippen molar-refractivity contribution in [1.82, 2.24) is 9.97 Å². The topological polar surface area (TPSA) is 64.5 Å². The number of hydrogen-bond donors (Lipinski definition) is 0. The highest BCUT2D eigenvalue weighted by atomic mass is 16.5. The summed E-state index contributed by atoms with van der Waals surface area (Å²) < 4.78 is 9.84. The first-order valence-electron chi connectivity index (χ1n) is 5.34. The van der Waals surface area contributed by atoms with E-state index in [0.717, 1.165) is 5.69 Å². The fourth-order valence-electron chi connectivity index (χ4n) is 1.22. The molecule has 0 N–H and O–H groups in total. The molecule has 1 aromatic rings. The number of carbonyl (C=O) groups is 1. The zero-order chi connectivity index (χ0) is 12.7.